The van der Waals surface area contributed by atoms with E-state index in [-0.39, 0.29) is 5.91 Å². The molecular formula is C20H21N3O3. The van der Waals surface area contributed by atoms with Crippen LogP contribution in [0.3, 0.4) is 0 Å². The van der Waals surface area contributed by atoms with Gasteiger partial charge in [0.05, 0.1) is 12.7 Å². The zero-order valence-corrected chi connectivity index (χ0v) is 14.9. The van der Waals surface area contributed by atoms with Crippen molar-refractivity contribution < 1.29 is 13.9 Å². The Labute approximate surface area is 152 Å². The number of hydrogen-bond donors (Lipinski definition) is 0. The Morgan fingerprint density at radius 3 is 2.58 bits per heavy atom. The molecule has 0 fully saturated rings. The summed E-state index contributed by atoms with van der Waals surface area (Å²) >= 11 is 0. The van der Waals surface area contributed by atoms with Crippen LogP contribution in [0.15, 0.2) is 59.0 Å². The van der Waals surface area contributed by atoms with Gasteiger partial charge < -0.3 is 14.1 Å². The molecule has 2 aromatic carbocycles. The third-order valence-corrected chi connectivity index (χ3v) is 4.05. The maximum absolute atomic E-state index is 12.3. The molecule has 1 amide bonds. The molecule has 0 saturated heterocycles. The first-order chi connectivity index (χ1) is 12.7. The summed E-state index contributed by atoms with van der Waals surface area (Å²) in [6.45, 7) is 0.579. The predicted molar refractivity (Wildman–Crippen MR) is 97.5 cm³/mol. The topological polar surface area (TPSA) is 68.5 Å². The van der Waals surface area contributed by atoms with Crippen molar-refractivity contribution in [2.75, 3.05) is 14.2 Å². The lowest BCUT2D eigenvalue weighted by atomic mass is 10.2. The first kappa shape index (κ1) is 17.7. The summed E-state index contributed by atoms with van der Waals surface area (Å²) in [6.07, 6.45) is 0.719. The van der Waals surface area contributed by atoms with Crippen molar-refractivity contribution in [3.63, 3.8) is 0 Å². The number of para-hydroxylation sites is 1. The average Bonchev–Trinajstić information content (AvgIpc) is 3.15. The molecule has 0 atom stereocenters. The number of amides is 1. The van der Waals surface area contributed by atoms with Gasteiger partial charge in [0.2, 0.25) is 11.8 Å². The zero-order valence-electron chi connectivity index (χ0n) is 14.9. The van der Waals surface area contributed by atoms with Crippen LogP contribution in [-0.4, -0.2) is 35.2 Å². The molecule has 0 radical (unpaired) electrons. The lowest BCUT2D eigenvalue weighted by Crippen LogP contribution is -2.26. The normalized spacial score (nSPS) is 10.5. The highest BCUT2D eigenvalue weighted by Crippen LogP contribution is 2.28. The molecule has 3 aromatic rings. The van der Waals surface area contributed by atoms with Crippen LogP contribution in [0.25, 0.3) is 11.5 Å². The summed E-state index contributed by atoms with van der Waals surface area (Å²) in [6, 6.07) is 17.3. The van der Waals surface area contributed by atoms with Gasteiger partial charge in [-0.3, -0.25) is 4.79 Å². The van der Waals surface area contributed by atoms with Crippen LogP contribution in [0, 0.1) is 0 Å². The lowest BCUT2D eigenvalue weighted by molar-refractivity contribution is -0.130. The molecule has 0 unspecified atom stereocenters. The average molecular weight is 351 g/mol. The van der Waals surface area contributed by atoms with Crippen LogP contribution in [0.5, 0.6) is 5.75 Å². The largest absolute Gasteiger partial charge is 0.496 e. The molecule has 0 spiro atoms. The van der Waals surface area contributed by atoms with Gasteiger partial charge in [-0.25, -0.2) is 0 Å². The van der Waals surface area contributed by atoms with E-state index in [0.29, 0.717) is 36.9 Å². The number of nitrogens with zero attached hydrogens (tertiary/aromatic N) is 3. The van der Waals surface area contributed by atoms with E-state index in [9.17, 15) is 4.79 Å². The van der Waals surface area contributed by atoms with Gasteiger partial charge in [-0.05, 0) is 17.7 Å². The van der Waals surface area contributed by atoms with E-state index in [4.69, 9.17) is 9.15 Å². The minimum absolute atomic E-state index is 0.0332. The van der Waals surface area contributed by atoms with Crippen molar-refractivity contribution in [1.29, 1.82) is 0 Å². The molecule has 1 aromatic heterocycles. The van der Waals surface area contributed by atoms with Crippen molar-refractivity contribution >= 4 is 5.91 Å². The van der Waals surface area contributed by atoms with Crippen LogP contribution in [0.4, 0.5) is 0 Å². The number of rotatable bonds is 7. The van der Waals surface area contributed by atoms with Gasteiger partial charge in [0.25, 0.3) is 5.89 Å². The van der Waals surface area contributed by atoms with E-state index >= 15 is 0 Å². The molecule has 6 heteroatoms. The second-order valence-electron chi connectivity index (χ2n) is 5.94. The van der Waals surface area contributed by atoms with E-state index in [1.807, 2.05) is 54.6 Å². The molecule has 0 aliphatic heterocycles. The fourth-order valence-corrected chi connectivity index (χ4v) is 2.63. The number of aryl methyl sites for hydroxylation is 1. The van der Waals surface area contributed by atoms with E-state index in [2.05, 4.69) is 10.2 Å². The van der Waals surface area contributed by atoms with Crippen LogP contribution in [-0.2, 0) is 17.8 Å². The highest BCUT2D eigenvalue weighted by molar-refractivity contribution is 5.76. The van der Waals surface area contributed by atoms with Crippen molar-refractivity contribution in [3.05, 3.63) is 66.1 Å². The summed E-state index contributed by atoms with van der Waals surface area (Å²) in [5.41, 5.74) is 1.83. The molecule has 0 N–H and O–H groups in total. The van der Waals surface area contributed by atoms with Crippen molar-refractivity contribution in [2.24, 2.45) is 0 Å². The predicted octanol–water partition coefficient (Wildman–Crippen LogP) is 3.34. The Morgan fingerprint density at radius 1 is 1.08 bits per heavy atom. The molecule has 0 aliphatic rings. The standard InChI is InChI=1S/C20H21N3O3/c1-23(14-15-8-4-3-5-9-15)19(24)13-12-18-21-22-20(26-18)16-10-6-7-11-17(16)25-2/h3-11H,12-14H2,1-2H3. The number of carbonyl (C=O) groups is 1. The van der Waals surface area contributed by atoms with Crippen LogP contribution >= 0.6 is 0 Å². The molecule has 134 valence electrons. The Kier molecular flexibility index (Phi) is 5.63. The summed E-state index contributed by atoms with van der Waals surface area (Å²) in [4.78, 5) is 14.0. The molecule has 6 nitrogen and oxygen atoms in total. The fraction of sp³-hybridized carbons (Fsp3) is 0.250. The number of aromatic nitrogens is 2. The van der Waals surface area contributed by atoms with Crippen molar-refractivity contribution in [1.82, 2.24) is 15.1 Å². The number of carbonyl (C=O) groups excluding carboxylic acids is 1. The van der Waals surface area contributed by atoms with E-state index < -0.39 is 0 Å². The van der Waals surface area contributed by atoms with Gasteiger partial charge in [-0.1, -0.05) is 42.5 Å². The molecular weight excluding hydrogens is 330 g/mol. The molecule has 26 heavy (non-hydrogen) atoms. The maximum Gasteiger partial charge on any atom is 0.251 e. The Morgan fingerprint density at radius 2 is 1.81 bits per heavy atom. The SMILES string of the molecule is COc1ccccc1-c1nnc(CCC(=O)N(C)Cc2ccccc2)o1. The third kappa shape index (κ3) is 4.27. The number of benzene rings is 2. The lowest BCUT2D eigenvalue weighted by Gasteiger charge is -2.16. The third-order valence-electron chi connectivity index (χ3n) is 4.05. The smallest absolute Gasteiger partial charge is 0.251 e. The first-order valence-electron chi connectivity index (χ1n) is 8.41. The van der Waals surface area contributed by atoms with E-state index in [1.54, 1.807) is 19.1 Å². The monoisotopic (exact) mass is 351 g/mol. The van der Waals surface area contributed by atoms with Crippen LogP contribution in [0.1, 0.15) is 17.9 Å². The second kappa shape index (κ2) is 8.29. The summed E-state index contributed by atoms with van der Waals surface area (Å²) in [7, 11) is 3.39. The van der Waals surface area contributed by atoms with Crippen molar-refractivity contribution in [2.45, 2.75) is 19.4 Å². The first-order valence-corrected chi connectivity index (χ1v) is 8.41. The summed E-state index contributed by atoms with van der Waals surface area (Å²) < 4.78 is 11.0. The highest BCUT2D eigenvalue weighted by Gasteiger charge is 2.15. The fourth-order valence-electron chi connectivity index (χ4n) is 2.63. The Bertz CT molecular complexity index is 862. The van der Waals surface area contributed by atoms with E-state index in [0.717, 1.165) is 11.1 Å². The van der Waals surface area contributed by atoms with Gasteiger partial charge in [-0.15, -0.1) is 10.2 Å². The molecule has 0 aliphatic carbocycles. The Hall–Kier alpha value is -3.15. The zero-order chi connectivity index (χ0) is 18.4. The molecule has 1 heterocycles. The summed E-state index contributed by atoms with van der Waals surface area (Å²) in [5, 5.41) is 8.10. The van der Waals surface area contributed by atoms with E-state index in [1.165, 1.54) is 0 Å². The van der Waals surface area contributed by atoms with Crippen LogP contribution < -0.4 is 4.74 Å². The minimum atomic E-state index is 0.0332. The Balaban J connectivity index is 1.58. The van der Waals surface area contributed by atoms with Gasteiger partial charge in [0.1, 0.15) is 5.75 Å². The minimum Gasteiger partial charge on any atom is -0.496 e. The van der Waals surface area contributed by atoms with Crippen LogP contribution in [0.2, 0.25) is 0 Å². The number of ether oxygens (including phenoxy) is 1. The van der Waals surface area contributed by atoms with Gasteiger partial charge in [0.15, 0.2) is 0 Å². The van der Waals surface area contributed by atoms with Gasteiger partial charge >= 0.3 is 0 Å². The highest BCUT2D eigenvalue weighted by atomic mass is 16.5. The van der Waals surface area contributed by atoms with Gasteiger partial charge in [-0.2, -0.15) is 0 Å². The van der Waals surface area contributed by atoms with Crippen molar-refractivity contribution in [3.8, 4) is 17.2 Å². The molecule has 3 rings (SSSR count). The second-order valence-corrected chi connectivity index (χ2v) is 5.94. The number of methoxy groups -OCH3 is 1. The molecule has 0 saturated carbocycles. The van der Waals surface area contributed by atoms with Gasteiger partial charge in [0, 0.05) is 26.4 Å². The summed E-state index contributed by atoms with van der Waals surface area (Å²) in [5.74, 6) is 1.53. The maximum atomic E-state index is 12.3. The number of hydrogen-bond acceptors (Lipinski definition) is 5. The quantitative estimate of drug-likeness (QED) is 0.653. The molecule has 0 bridgehead atoms.